The minimum absolute atomic E-state index is 0.0414. The molecule has 150 valence electrons. The van der Waals surface area contributed by atoms with Crippen molar-refractivity contribution in [1.29, 1.82) is 0 Å². The minimum Gasteiger partial charge on any atom is -0.472 e. The molecule has 0 spiro atoms. The Morgan fingerprint density at radius 1 is 1.28 bits per heavy atom. The van der Waals surface area contributed by atoms with E-state index in [0.29, 0.717) is 17.1 Å². The number of carbonyl (C=O) groups is 2. The average Bonchev–Trinajstić information content (AvgIpc) is 3.21. The quantitative estimate of drug-likeness (QED) is 0.521. The number of esters is 1. The van der Waals surface area contributed by atoms with Crippen molar-refractivity contribution < 1.29 is 18.7 Å². The summed E-state index contributed by atoms with van der Waals surface area (Å²) in [6.07, 6.45) is 5.36. The van der Waals surface area contributed by atoms with Gasteiger partial charge in [-0.05, 0) is 31.4 Å². The summed E-state index contributed by atoms with van der Waals surface area (Å²) in [5.74, 6) is -0.602. The molecule has 6 nitrogen and oxygen atoms in total. The lowest BCUT2D eigenvalue weighted by molar-refractivity contribution is -0.148. The molecule has 1 fully saturated rings. The number of thiazole rings is 1. The lowest BCUT2D eigenvalue weighted by Gasteiger charge is -2.30. The highest BCUT2D eigenvalue weighted by atomic mass is 32.1. The summed E-state index contributed by atoms with van der Waals surface area (Å²) in [6.45, 7) is 2.05. The first kappa shape index (κ1) is 19.4. The first-order valence-electron chi connectivity index (χ1n) is 9.68. The lowest BCUT2D eigenvalue weighted by Crippen LogP contribution is -2.48. The van der Waals surface area contributed by atoms with E-state index >= 15 is 0 Å². The number of hydrogen-bond acceptors (Lipinski definition) is 6. The van der Waals surface area contributed by atoms with Crippen LogP contribution < -0.4 is 0 Å². The number of carbonyl (C=O) groups excluding carboxylic acids is 2. The predicted octanol–water partition coefficient (Wildman–Crippen LogP) is 4.18. The van der Waals surface area contributed by atoms with Crippen LogP contribution in [0.1, 0.15) is 35.8 Å². The van der Waals surface area contributed by atoms with Gasteiger partial charge in [-0.2, -0.15) is 0 Å². The summed E-state index contributed by atoms with van der Waals surface area (Å²) in [6, 6.07) is 10.9. The van der Waals surface area contributed by atoms with Crippen molar-refractivity contribution in [2.75, 3.05) is 6.61 Å². The maximum absolute atomic E-state index is 13.4. The van der Waals surface area contributed by atoms with E-state index in [1.165, 1.54) is 11.3 Å². The third-order valence-corrected chi connectivity index (χ3v) is 5.72. The Morgan fingerprint density at radius 3 is 2.72 bits per heavy atom. The molecule has 1 aromatic carbocycles. The first-order valence-corrected chi connectivity index (χ1v) is 10.6. The molecule has 1 atom stereocenters. The Labute approximate surface area is 173 Å². The molecule has 7 heteroatoms. The molecule has 1 saturated carbocycles. The summed E-state index contributed by atoms with van der Waals surface area (Å²) < 4.78 is 10.4. The van der Waals surface area contributed by atoms with Crippen molar-refractivity contribution >= 4 is 23.2 Å². The van der Waals surface area contributed by atoms with Gasteiger partial charge in [0.05, 0.1) is 12.9 Å². The maximum Gasteiger partial charge on any atom is 0.329 e. The summed E-state index contributed by atoms with van der Waals surface area (Å²) in [5, 5.41) is 2.46. The molecule has 0 bridgehead atoms. The van der Waals surface area contributed by atoms with Crippen LogP contribution in [-0.4, -0.2) is 40.5 Å². The van der Waals surface area contributed by atoms with Crippen molar-refractivity contribution in [2.45, 2.75) is 38.3 Å². The van der Waals surface area contributed by atoms with Gasteiger partial charge in [0.15, 0.2) is 0 Å². The van der Waals surface area contributed by atoms with E-state index in [9.17, 15) is 9.59 Å². The number of benzene rings is 1. The molecule has 29 heavy (non-hydrogen) atoms. The molecule has 0 radical (unpaired) electrons. The second-order valence-corrected chi connectivity index (χ2v) is 7.81. The molecule has 1 aliphatic carbocycles. The van der Waals surface area contributed by atoms with Gasteiger partial charge < -0.3 is 14.1 Å². The van der Waals surface area contributed by atoms with Gasteiger partial charge in [-0.15, -0.1) is 11.3 Å². The number of nitrogens with zero attached hydrogens (tertiary/aromatic N) is 2. The van der Waals surface area contributed by atoms with E-state index in [1.54, 1.807) is 29.7 Å². The molecule has 1 unspecified atom stereocenters. The van der Waals surface area contributed by atoms with Crippen molar-refractivity contribution in [2.24, 2.45) is 0 Å². The molecule has 2 aromatic heterocycles. The van der Waals surface area contributed by atoms with Gasteiger partial charge in [-0.1, -0.05) is 30.3 Å². The number of ether oxygens (including phenoxy) is 1. The Hall–Kier alpha value is -2.93. The van der Waals surface area contributed by atoms with Gasteiger partial charge in [-0.25, -0.2) is 9.78 Å². The van der Waals surface area contributed by atoms with Crippen LogP contribution in [0.4, 0.5) is 0 Å². The first-order chi connectivity index (χ1) is 14.2. The van der Waals surface area contributed by atoms with Crippen molar-refractivity contribution in [1.82, 2.24) is 9.88 Å². The highest BCUT2D eigenvalue weighted by Crippen LogP contribution is 2.33. The van der Waals surface area contributed by atoms with Gasteiger partial charge in [0, 0.05) is 23.4 Å². The Balaban J connectivity index is 1.62. The van der Waals surface area contributed by atoms with Crippen LogP contribution in [-0.2, 0) is 16.0 Å². The molecular weight excluding hydrogens is 388 g/mol. The van der Waals surface area contributed by atoms with E-state index < -0.39 is 6.04 Å². The van der Waals surface area contributed by atoms with E-state index in [0.717, 1.165) is 24.0 Å². The van der Waals surface area contributed by atoms with Gasteiger partial charge >= 0.3 is 5.97 Å². The maximum atomic E-state index is 13.4. The van der Waals surface area contributed by atoms with E-state index in [1.807, 2.05) is 36.4 Å². The third-order valence-electron chi connectivity index (χ3n) is 4.83. The van der Waals surface area contributed by atoms with Crippen molar-refractivity contribution in [3.63, 3.8) is 0 Å². The highest BCUT2D eigenvalue weighted by molar-refractivity contribution is 7.13. The van der Waals surface area contributed by atoms with Crippen LogP contribution in [0.5, 0.6) is 0 Å². The molecule has 1 aliphatic rings. The third kappa shape index (κ3) is 4.40. The van der Waals surface area contributed by atoms with Gasteiger partial charge in [0.2, 0.25) is 0 Å². The molecule has 0 N–H and O–H groups in total. The van der Waals surface area contributed by atoms with Crippen LogP contribution in [0.25, 0.3) is 10.6 Å². The summed E-state index contributed by atoms with van der Waals surface area (Å²) in [7, 11) is 0. The Kier molecular flexibility index (Phi) is 5.76. The van der Waals surface area contributed by atoms with Gasteiger partial charge in [-0.3, -0.25) is 4.79 Å². The average molecular weight is 410 g/mol. The fourth-order valence-corrected chi connectivity index (χ4v) is 4.09. The van der Waals surface area contributed by atoms with Crippen molar-refractivity contribution in [3.05, 3.63) is 65.6 Å². The van der Waals surface area contributed by atoms with E-state index in [-0.39, 0.29) is 24.5 Å². The van der Waals surface area contributed by atoms with Gasteiger partial charge in [0.1, 0.15) is 23.0 Å². The smallest absolute Gasteiger partial charge is 0.329 e. The molecule has 1 amide bonds. The Morgan fingerprint density at radius 2 is 2.07 bits per heavy atom. The van der Waals surface area contributed by atoms with Crippen LogP contribution >= 0.6 is 11.3 Å². The minimum atomic E-state index is -0.670. The van der Waals surface area contributed by atoms with Crippen LogP contribution in [0.3, 0.4) is 0 Å². The van der Waals surface area contributed by atoms with Crippen molar-refractivity contribution in [3.8, 4) is 10.6 Å². The SMILES string of the molecule is CCOC(=O)C(Cc1ccccc1)N(C(=O)c1csc(-c2ccoc2)n1)C1CC1. The largest absolute Gasteiger partial charge is 0.472 e. The number of rotatable bonds is 8. The standard InChI is InChI=1S/C22H22N2O4S/c1-2-28-22(26)19(12-15-6-4-3-5-7-15)24(17-8-9-17)21(25)18-14-29-20(23-18)16-10-11-27-13-16/h3-7,10-11,13-14,17,19H,2,8-9,12H2,1H3. The fraction of sp³-hybridized carbons (Fsp3) is 0.318. The molecule has 3 aromatic rings. The molecule has 0 aliphatic heterocycles. The second kappa shape index (κ2) is 8.61. The number of furan rings is 1. The number of amides is 1. The Bertz CT molecular complexity index is 964. The number of hydrogen-bond donors (Lipinski definition) is 0. The zero-order valence-electron chi connectivity index (χ0n) is 16.1. The van der Waals surface area contributed by atoms with Gasteiger partial charge in [0.25, 0.3) is 5.91 Å². The zero-order chi connectivity index (χ0) is 20.2. The lowest BCUT2D eigenvalue weighted by atomic mass is 10.0. The summed E-state index contributed by atoms with van der Waals surface area (Å²) >= 11 is 1.38. The molecule has 0 saturated heterocycles. The normalized spacial score (nSPS) is 14.4. The topological polar surface area (TPSA) is 72.6 Å². The highest BCUT2D eigenvalue weighted by Gasteiger charge is 2.42. The predicted molar refractivity (Wildman–Crippen MR) is 110 cm³/mol. The van der Waals surface area contributed by atoms with Crippen LogP contribution in [0.2, 0.25) is 0 Å². The number of aromatic nitrogens is 1. The van der Waals surface area contributed by atoms with E-state index in [2.05, 4.69) is 4.98 Å². The molecule has 2 heterocycles. The second-order valence-electron chi connectivity index (χ2n) is 6.95. The fourth-order valence-electron chi connectivity index (χ4n) is 3.31. The molecule has 4 rings (SSSR count). The van der Waals surface area contributed by atoms with E-state index in [4.69, 9.17) is 9.15 Å². The van der Waals surface area contributed by atoms with Crippen LogP contribution in [0.15, 0.2) is 58.7 Å². The summed E-state index contributed by atoms with van der Waals surface area (Å²) in [4.78, 5) is 32.4. The molecular formula is C22H22N2O4S. The zero-order valence-corrected chi connectivity index (χ0v) is 16.9. The summed E-state index contributed by atoms with van der Waals surface area (Å²) in [5.41, 5.74) is 2.17. The monoisotopic (exact) mass is 410 g/mol. The van der Waals surface area contributed by atoms with Crippen LogP contribution in [0, 0.1) is 0 Å².